The van der Waals surface area contributed by atoms with Gasteiger partial charge in [0.05, 0.1) is 6.61 Å². The third-order valence-corrected chi connectivity index (χ3v) is 3.36. The van der Waals surface area contributed by atoms with Gasteiger partial charge in [-0.25, -0.2) is 0 Å². The molecule has 110 valence electrons. The van der Waals surface area contributed by atoms with Gasteiger partial charge in [-0.15, -0.1) is 0 Å². The Balaban J connectivity index is 2.17. The van der Waals surface area contributed by atoms with Crippen LogP contribution in [0.5, 0.6) is 0 Å². The number of aliphatic hydroxyl groups excluding tert-OH is 1. The molecule has 0 fully saturated rings. The van der Waals surface area contributed by atoms with Gasteiger partial charge in [-0.05, 0) is 48.9 Å². The average Bonchev–Trinajstić information content (AvgIpc) is 2.48. The Morgan fingerprint density at radius 3 is 2.57 bits per heavy atom. The van der Waals surface area contributed by atoms with Gasteiger partial charge < -0.3 is 15.7 Å². The molecule has 0 radical (unpaired) electrons. The lowest BCUT2D eigenvalue weighted by molar-refractivity contribution is 0.102. The zero-order chi connectivity index (χ0) is 15.2. The maximum atomic E-state index is 12.3. The summed E-state index contributed by atoms with van der Waals surface area (Å²) in [5.41, 5.74) is 2.97. The molecule has 2 rings (SSSR count). The molecule has 0 aliphatic heterocycles. The third kappa shape index (κ3) is 3.97. The monoisotopic (exact) mass is 304 g/mol. The molecule has 0 atom stereocenters. The molecule has 1 amide bonds. The number of hydrogen-bond donors (Lipinski definition) is 3. The van der Waals surface area contributed by atoms with Crippen LogP contribution in [0.25, 0.3) is 0 Å². The van der Waals surface area contributed by atoms with E-state index in [2.05, 4.69) is 10.6 Å². The summed E-state index contributed by atoms with van der Waals surface area (Å²) in [6, 6.07) is 12.4. The Kier molecular flexibility index (Phi) is 5.20. The van der Waals surface area contributed by atoms with E-state index in [0.717, 1.165) is 11.3 Å². The summed E-state index contributed by atoms with van der Waals surface area (Å²) >= 11 is 5.82. The van der Waals surface area contributed by atoms with Gasteiger partial charge in [0.2, 0.25) is 0 Å². The van der Waals surface area contributed by atoms with Crippen molar-refractivity contribution in [3.63, 3.8) is 0 Å². The van der Waals surface area contributed by atoms with Gasteiger partial charge in [0.15, 0.2) is 0 Å². The number of carbonyl (C=O) groups excluding carboxylic acids is 1. The SMILES string of the molecule is Cc1c(NCCO)cccc1C(=O)Nc1ccc(Cl)cc1. The zero-order valence-electron chi connectivity index (χ0n) is 11.7. The van der Waals surface area contributed by atoms with Crippen molar-refractivity contribution in [2.45, 2.75) is 6.92 Å². The molecule has 0 bridgehead atoms. The number of hydrogen-bond acceptors (Lipinski definition) is 3. The normalized spacial score (nSPS) is 10.2. The van der Waals surface area contributed by atoms with E-state index in [-0.39, 0.29) is 12.5 Å². The van der Waals surface area contributed by atoms with Crippen molar-refractivity contribution in [3.8, 4) is 0 Å². The van der Waals surface area contributed by atoms with Crippen LogP contribution in [0.4, 0.5) is 11.4 Å². The van der Waals surface area contributed by atoms with Crippen LogP contribution in [0.1, 0.15) is 15.9 Å². The van der Waals surface area contributed by atoms with Crippen molar-refractivity contribution in [3.05, 3.63) is 58.6 Å². The third-order valence-electron chi connectivity index (χ3n) is 3.11. The minimum Gasteiger partial charge on any atom is -0.395 e. The lowest BCUT2D eigenvalue weighted by atomic mass is 10.1. The number of anilines is 2. The van der Waals surface area contributed by atoms with Crippen molar-refractivity contribution in [2.75, 3.05) is 23.8 Å². The quantitative estimate of drug-likeness (QED) is 0.794. The van der Waals surface area contributed by atoms with Crippen LogP contribution in [0, 0.1) is 6.92 Å². The standard InChI is InChI=1S/C16H17ClN2O2/c1-11-14(3-2-4-15(11)18-9-10-20)16(21)19-13-7-5-12(17)6-8-13/h2-8,18,20H,9-10H2,1H3,(H,19,21). The van der Waals surface area contributed by atoms with Crippen molar-refractivity contribution >= 4 is 28.9 Å². The van der Waals surface area contributed by atoms with Crippen LogP contribution in [0.2, 0.25) is 5.02 Å². The molecule has 4 nitrogen and oxygen atoms in total. The van der Waals surface area contributed by atoms with E-state index in [1.54, 1.807) is 30.3 Å². The van der Waals surface area contributed by atoms with Crippen molar-refractivity contribution < 1.29 is 9.90 Å². The summed E-state index contributed by atoms with van der Waals surface area (Å²) in [5, 5.41) is 15.4. The molecule has 0 aliphatic rings. The van der Waals surface area contributed by atoms with Crippen LogP contribution in [0.3, 0.4) is 0 Å². The van der Waals surface area contributed by atoms with E-state index in [1.807, 2.05) is 19.1 Å². The van der Waals surface area contributed by atoms with Gasteiger partial charge in [-0.1, -0.05) is 17.7 Å². The van der Waals surface area contributed by atoms with Gasteiger partial charge in [0.1, 0.15) is 0 Å². The topological polar surface area (TPSA) is 61.4 Å². The summed E-state index contributed by atoms with van der Waals surface area (Å²) in [7, 11) is 0. The first-order chi connectivity index (χ1) is 10.1. The van der Waals surface area contributed by atoms with Crippen molar-refractivity contribution in [1.82, 2.24) is 0 Å². The molecule has 0 saturated heterocycles. The lowest BCUT2D eigenvalue weighted by Gasteiger charge is -2.13. The fourth-order valence-electron chi connectivity index (χ4n) is 2.00. The Bertz CT molecular complexity index is 627. The number of halogens is 1. The fraction of sp³-hybridized carbons (Fsp3) is 0.188. The number of rotatable bonds is 5. The number of amides is 1. The molecule has 0 aromatic heterocycles. The Morgan fingerprint density at radius 2 is 1.90 bits per heavy atom. The smallest absolute Gasteiger partial charge is 0.256 e. The predicted octanol–water partition coefficient (Wildman–Crippen LogP) is 3.30. The van der Waals surface area contributed by atoms with Crippen LogP contribution in [-0.2, 0) is 0 Å². The van der Waals surface area contributed by atoms with Crippen LogP contribution in [-0.4, -0.2) is 24.2 Å². The molecule has 2 aromatic carbocycles. The molecular weight excluding hydrogens is 288 g/mol. The molecule has 21 heavy (non-hydrogen) atoms. The Morgan fingerprint density at radius 1 is 1.19 bits per heavy atom. The Labute approximate surface area is 128 Å². The summed E-state index contributed by atoms with van der Waals surface area (Å²) in [4.78, 5) is 12.3. The number of benzene rings is 2. The first kappa shape index (κ1) is 15.4. The fourth-order valence-corrected chi connectivity index (χ4v) is 2.12. The largest absolute Gasteiger partial charge is 0.395 e. The molecule has 0 spiro atoms. The van der Waals surface area contributed by atoms with E-state index in [4.69, 9.17) is 16.7 Å². The summed E-state index contributed by atoms with van der Waals surface area (Å²) in [6.45, 7) is 2.36. The molecule has 0 unspecified atom stereocenters. The molecule has 0 saturated carbocycles. The van der Waals surface area contributed by atoms with Gasteiger partial charge >= 0.3 is 0 Å². The van der Waals surface area contributed by atoms with Gasteiger partial charge in [0.25, 0.3) is 5.91 Å². The maximum Gasteiger partial charge on any atom is 0.256 e. The second kappa shape index (κ2) is 7.11. The predicted molar refractivity (Wildman–Crippen MR) is 86.2 cm³/mol. The molecule has 2 aromatic rings. The Hall–Kier alpha value is -2.04. The van der Waals surface area contributed by atoms with Crippen LogP contribution in [0.15, 0.2) is 42.5 Å². The molecule has 3 N–H and O–H groups in total. The summed E-state index contributed by atoms with van der Waals surface area (Å²) in [5.74, 6) is -0.178. The second-order valence-corrected chi connectivity index (χ2v) is 5.03. The van der Waals surface area contributed by atoms with Crippen LogP contribution < -0.4 is 10.6 Å². The highest BCUT2D eigenvalue weighted by atomic mass is 35.5. The second-order valence-electron chi connectivity index (χ2n) is 4.59. The van der Waals surface area contributed by atoms with E-state index in [9.17, 15) is 4.79 Å². The van der Waals surface area contributed by atoms with E-state index in [0.29, 0.717) is 22.8 Å². The van der Waals surface area contributed by atoms with E-state index >= 15 is 0 Å². The minimum absolute atomic E-state index is 0.0423. The molecule has 0 aliphatic carbocycles. The number of carbonyl (C=O) groups is 1. The highest BCUT2D eigenvalue weighted by Crippen LogP contribution is 2.20. The van der Waals surface area contributed by atoms with Gasteiger partial charge in [-0.2, -0.15) is 0 Å². The maximum absolute atomic E-state index is 12.3. The zero-order valence-corrected chi connectivity index (χ0v) is 12.4. The first-order valence-electron chi connectivity index (χ1n) is 6.63. The van der Waals surface area contributed by atoms with Crippen molar-refractivity contribution in [1.29, 1.82) is 0 Å². The number of aliphatic hydroxyl groups is 1. The lowest BCUT2D eigenvalue weighted by Crippen LogP contribution is -2.15. The molecule has 5 heteroatoms. The summed E-state index contributed by atoms with van der Waals surface area (Å²) < 4.78 is 0. The van der Waals surface area contributed by atoms with E-state index < -0.39 is 0 Å². The number of nitrogens with one attached hydrogen (secondary N) is 2. The van der Waals surface area contributed by atoms with Crippen molar-refractivity contribution in [2.24, 2.45) is 0 Å². The van der Waals surface area contributed by atoms with Gasteiger partial charge in [-0.3, -0.25) is 4.79 Å². The highest BCUT2D eigenvalue weighted by Gasteiger charge is 2.11. The highest BCUT2D eigenvalue weighted by molar-refractivity contribution is 6.30. The van der Waals surface area contributed by atoms with Crippen LogP contribution >= 0.6 is 11.6 Å². The first-order valence-corrected chi connectivity index (χ1v) is 7.01. The average molecular weight is 305 g/mol. The van der Waals surface area contributed by atoms with Gasteiger partial charge in [0, 0.05) is 28.5 Å². The molecule has 0 heterocycles. The molecular formula is C16H17ClN2O2. The summed E-state index contributed by atoms with van der Waals surface area (Å²) in [6.07, 6.45) is 0. The minimum atomic E-state index is -0.178. The van der Waals surface area contributed by atoms with E-state index in [1.165, 1.54) is 0 Å².